The summed E-state index contributed by atoms with van der Waals surface area (Å²) in [6.45, 7) is 1.59. The topological polar surface area (TPSA) is 75.0 Å². The van der Waals surface area contributed by atoms with Gasteiger partial charge in [0.1, 0.15) is 5.82 Å². The first-order valence-electron chi connectivity index (χ1n) is 5.91. The second kappa shape index (κ2) is 4.18. The zero-order valence-corrected chi connectivity index (χ0v) is 9.89. The van der Waals surface area contributed by atoms with Crippen molar-refractivity contribution in [1.29, 1.82) is 0 Å². The van der Waals surface area contributed by atoms with Crippen molar-refractivity contribution < 1.29 is 0 Å². The first kappa shape index (κ1) is 10.8. The molecule has 0 atom stereocenters. The highest BCUT2D eigenvalue weighted by molar-refractivity contribution is 5.42. The molecule has 0 saturated heterocycles. The molecule has 18 heavy (non-hydrogen) atoms. The predicted molar refractivity (Wildman–Crippen MR) is 70.5 cm³/mol. The number of aromatic amines is 1. The molecule has 0 spiro atoms. The van der Waals surface area contributed by atoms with Gasteiger partial charge in [0, 0.05) is 19.2 Å². The van der Waals surface area contributed by atoms with Gasteiger partial charge in [-0.1, -0.05) is 24.3 Å². The molecule has 1 aliphatic rings. The van der Waals surface area contributed by atoms with E-state index in [4.69, 9.17) is 5.73 Å². The molecular formula is C13H14N4O. The molecule has 5 nitrogen and oxygen atoms in total. The fraction of sp³-hybridized carbons (Fsp3) is 0.231. The summed E-state index contributed by atoms with van der Waals surface area (Å²) in [7, 11) is 0. The number of benzene rings is 1. The van der Waals surface area contributed by atoms with Gasteiger partial charge in [0.25, 0.3) is 5.56 Å². The van der Waals surface area contributed by atoms with E-state index >= 15 is 0 Å². The molecule has 0 unspecified atom stereocenters. The SMILES string of the molecule is Nc1cc(=O)[nH]c(N2CCc3ccccc3C2)n1. The van der Waals surface area contributed by atoms with Crippen LogP contribution in [0, 0.1) is 0 Å². The molecule has 2 heterocycles. The Morgan fingerprint density at radius 2 is 2.06 bits per heavy atom. The van der Waals surface area contributed by atoms with Gasteiger partial charge in [-0.25, -0.2) is 0 Å². The van der Waals surface area contributed by atoms with Gasteiger partial charge in [-0.2, -0.15) is 4.98 Å². The van der Waals surface area contributed by atoms with Gasteiger partial charge in [-0.3, -0.25) is 9.78 Å². The van der Waals surface area contributed by atoms with Crippen LogP contribution >= 0.6 is 0 Å². The van der Waals surface area contributed by atoms with Crippen molar-refractivity contribution in [3.63, 3.8) is 0 Å². The molecule has 1 aliphatic heterocycles. The molecule has 3 N–H and O–H groups in total. The number of hydrogen-bond donors (Lipinski definition) is 2. The van der Waals surface area contributed by atoms with E-state index in [2.05, 4.69) is 28.2 Å². The minimum Gasteiger partial charge on any atom is -0.383 e. The molecule has 1 aromatic heterocycles. The lowest BCUT2D eigenvalue weighted by molar-refractivity contribution is 0.706. The van der Waals surface area contributed by atoms with Crippen molar-refractivity contribution in [1.82, 2.24) is 9.97 Å². The fourth-order valence-electron chi connectivity index (χ4n) is 2.29. The highest BCUT2D eigenvalue weighted by atomic mass is 16.1. The van der Waals surface area contributed by atoms with Crippen LogP contribution in [-0.4, -0.2) is 16.5 Å². The lowest BCUT2D eigenvalue weighted by atomic mass is 10.0. The minimum atomic E-state index is -0.212. The van der Waals surface area contributed by atoms with E-state index in [0.29, 0.717) is 5.95 Å². The Hall–Kier alpha value is -2.30. The zero-order valence-electron chi connectivity index (χ0n) is 9.89. The standard InChI is InChI=1S/C13H14N4O/c14-11-7-12(18)16-13(15-11)17-6-5-9-3-1-2-4-10(9)8-17/h1-4,7H,5-6,8H2,(H3,14,15,16,18). The normalized spacial score (nSPS) is 14.3. The van der Waals surface area contributed by atoms with E-state index in [1.807, 2.05) is 11.0 Å². The summed E-state index contributed by atoms with van der Waals surface area (Å²) in [6, 6.07) is 9.61. The van der Waals surface area contributed by atoms with Gasteiger partial charge in [-0.15, -0.1) is 0 Å². The van der Waals surface area contributed by atoms with Crippen molar-refractivity contribution in [2.75, 3.05) is 17.2 Å². The summed E-state index contributed by atoms with van der Waals surface area (Å²) < 4.78 is 0. The number of fused-ring (bicyclic) bond motifs is 1. The third kappa shape index (κ3) is 1.95. The molecule has 5 heteroatoms. The second-order valence-electron chi connectivity index (χ2n) is 4.43. The number of rotatable bonds is 1. The van der Waals surface area contributed by atoms with E-state index in [9.17, 15) is 4.79 Å². The van der Waals surface area contributed by atoms with Crippen molar-refractivity contribution in [2.24, 2.45) is 0 Å². The number of nitrogen functional groups attached to an aromatic ring is 1. The van der Waals surface area contributed by atoms with E-state index < -0.39 is 0 Å². The summed E-state index contributed by atoms with van der Waals surface area (Å²) in [4.78, 5) is 20.3. The number of aromatic nitrogens is 2. The van der Waals surface area contributed by atoms with Crippen LogP contribution in [0.15, 0.2) is 35.1 Å². The Balaban J connectivity index is 1.94. The molecule has 2 aromatic rings. The summed E-state index contributed by atoms with van der Waals surface area (Å²) >= 11 is 0. The van der Waals surface area contributed by atoms with E-state index in [1.165, 1.54) is 17.2 Å². The number of nitrogens with two attached hydrogens (primary N) is 1. The molecule has 3 rings (SSSR count). The lowest BCUT2D eigenvalue weighted by Gasteiger charge is -2.29. The Morgan fingerprint density at radius 3 is 2.83 bits per heavy atom. The predicted octanol–water partition coefficient (Wildman–Crippen LogP) is 0.915. The number of nitrogens with one attached hydrogen (secondary N) is 1. The highest BCUT2D eigenvalue weighted by Gasteiger charge is 2.17. The number of hydrogen-bond acceptors (Lipinski definition) is 4. The minimum absolute atomic E-state index is 0.212. The molecular weight excluding hydrogens is 228 g/mol. The smallest absolute Gasteiger partial charge is 0.254 e. The Morgan fingerprint density at radius 1 is 1.28 bits per heavy atom. The Kier molecular flexibility index (Phi) is 2.51. The highest BCUT2D eigenvalue weighted by Crippen LogP contribution is 2.21. The van der Waals surface area contributed by atoms with Crippen molar-refractivity contribution in [3.05, 3.63) is 51.8 Å². The van der Waals surface area contributed by atoms with Crippen LogP contribution < -0.4 is 16.2 Å². The van der Waals surface area contributed by atoms with Crippen LogP contribution in [0.4, 0.5) is 11.8 Å². The number of H-pyrrole nitrogens is 1. The third-order valence-electron chi connectivity index (χ3n) is 3.18. The molecule has 0 bridgehead atoms. The molecule has 0 saturated carbocycles. The molecule has 0 aliphatic carbocycles. The van der Waals surface area contributed by atoms with Gasteiger partial charge < -0.3 is 10.6 Å². The van der Waals surface area contributed by atoms with Crippen LogP contribution in [0.3, 0.4) is 0 Å². The van der Waals surface area contributed by atoms with E-state index in [-0.39, 0.29) is 11.4 Å². The number of anilines is 2. The van der Waals surface area contributed by atoms with Crippen LogP contribution in [0.5, 0.6) is 0 Å². The molecule has 1 aromatic carbocycles. The fourth-order valence-corrected chi connectivity index (χ4v) is 2.29. The first-order chi connectivity index (χ1) is 8.72. The second-order valence-corrected chi connectivity index (χ2v) is 4.43. The summed E-state index contributed by atoms with van der Waals surface area (Å²) in [5.41, 5.74) is 8.02. The quantitative estimate of drug-likeness (QED) is 0.779. The summed E-state index contributed by atoms with van der Waals surface area (Å²) in [5.74, 6) is 0.808. The third-order valence-corrected chi connectivity index (χ3v) is 3.18. The Labute approximate surface area is 104 Å². The molecule has 0 amide bonds. The van der Waals surface area contributed by atoms with Gasteiger partial charge in [-0.05, 0) is 17.5 Å². The van der Waals surface area contributed by atoms with Gasteiger partial charge >= 0.3 is 0 Å². The Bertz CT molecular complexity index is 635. The maximum absolute atomic E-state index is 11.4. The first-order valence-corrected chi connectivity index (χ1v) is 5.91. The van der Waals surface area contributed by atoms with Crippen molar-refractivity contribution >= 4 is 11.8 Å². The zero-order chi connectivity index (χ0) is 12.5. The summed E-state index contributed by atoms with van der Waals surface area (Å²) in [6.07, 6.45) is 0.953. The van der Waals surface area contributed by atoms with Crippen molar-refractivity contribution in [3.8, 4) is 0 Å². The molecule has 0 radical (unpaired) electrons. The van der Waals surface area contributed by atoms with Crippen molar-refractivity contribution in [2.45, 2.75) is 13.0 Å². The van der Waals surface area contributed by atoms with Gasteiger partial charge in [0.15, 0.2) is 0 Å². The average Bonchev–Trinajstić information content (AvgIpc) is 2.37. The van der Waals surface area contributed by atoms with Gasteiger partial charge in [0.05, 0.1) is 0 Å². The largest absolute Gasteiger partial charge is 0.383 e. The van der Waals surface area contributed by atoms with Crippen LogP contribution in [-0.2, 0) is 13.0 Å². The monoisotopic (exact) mass is 242 g/mol. The van der Waals surface area contributed by atoms with E-state index in [1.54, 1.807) is 0 Å². The van der Waals surface area contributed by atoms with Gasteiger partial charge in [0.2, 0.25) is 5.95 Å². The summed E-state index contributed by atoms with van der Waals surface area (Å²) in [5, 5.41) is 0. The maximum Gasteiger partial charge on any atom is 0.254 e. The van der Waals surface area contributed by atoms with Crippen LogP contribution in [0.2, 0.25) is 0 Å². The number of nitrogens with zero attached hydrogens (tertiary/aromatic N) is 2. The van der Waals surface area contributed by atoms with E-state index in [0.717, 1.165) is 19.5 Å². The van der Waals surface area contributed by atoms with Crippen LogP contribution in [0.1, 0.15) is 11.1 Å². The average molecular weight is 242 g/mol. The van der Waals surface area contributed by atoms with Crippen LogP contribution in [0.25, 0.3) is 0 Å². The molecule has 92 valence electrons. The maximum atomic E-state index is 11.4. The lowest BCUT2D eigenvalue weighted by Crippen LogP contribution is -2.33. The molecule has 0 fully saturated rings.